The van der Waals surface area contributed by atoms with E-state index in [1.807, 2.05) is 32.2 Å². The number of aromatic nitrogens is 3. The third-order valence-electron chi connectivity index (χ3n) is 2.35. The highest BCUT2D eigenvalue weighted by Gasteiger charge is 2.08. The van der Waals surface area contributed by atoms with Gasteiger partial charge in [-0.3, -0.25) is 0 Å². The molecule has 0 saturated heterocycles. The lowest BCUT2D eigenvalue weighted by Gasteiger charge is -2.09. The molecule has 0 radical (unpaired) electrons. The van der Waals surface area contributed by atoms with Crippen LogP contribution in [0, 0.1) is 0 Å². The lowest BCUT2D eigenvalue weighted by atomic mass is 10.1. The van der Waals surface area contributed by atoms with Crippen LogP contribution in [0.3, 0.4) is 0 Å². The highest BCUT2D eigenvalue weighted by atomic mass is 79.9. The summed E-state index contributed by atoms with van der Waals surface area (Å²) in [5, 5.41) is 4.90. The molecule has 0 aliphatic heterocycles. The van der Waals surface area contributed by atoms with Gasteiger partial charge >= 0.3 is 0 Å². The predicted octanol–water partition coefficient (Wildman–Crippen LogP) is 2.75. The van der Waals surface area contributed by atoms with Gasteiger partial charge in [0.15, 0.2) is 5.16 Å². The number of halogens is 1. The van der Waals surface area contributed by atoms with Crippen molar-refractivity contribution in [2.75, 3.05) is 0 Å². The molecule has 1 aromatic heterocycles. The Hall–Kier alpha value is -0.850. The zero-order valence-electron chi connectivity index (χ0n) is 9.59. The Morgan fingerprint density at radius 3 is 2.76 bits per heavy atom. The summed E-state index contributed by atoms with van der Waals surface area (Å²) in [6.45, 7) is 1.97. The molecule has 0 unspecified atom stereocenters. The maximum absolute atomic E-state index is 5.84. The summed E-state index contributed by atoms with van der Waals surface area (Å²) in [6.07, 6.45) is 1.55. The van der Waals surface area contributed by atoms with Crippen LogP contribution in [0.5, 0.6) is 0 Å². The Labute approximate surface area is 113 Å². The van der Waals surface area contributed by atoms with Crippen LogP contribution in [-0.4, -0.2) is 14.8 Å². The SMILES string of the molecule is C[C@@H](N)c1ccc(Sc2ncnn2C)c(Br)c1. The first-order valence-corrected chi connectivity index (χ1v) is 6.75. The van der Waals surface area contributed by atoms with Gasteiger partial charge in [0.05, 0.1) is 0 Å². The van der Waals surface area contributed by atoms with Crippen molar-refractivity contribution in [1.29, 1.82) is 0 Å². The lowest BCUT2D eigenvalue weighted by Crippen LogP contribution is -2.04. The fourth-order valence-electron chi connectivity index (χ4n) is 1.36. The topological polar surface area (TPSA) is 56.7 Å². The first-order valence-electron chi connectivity index (χ1n) is 5.15. The molecule has 1 aromatic carbocycles. The number of rotatable bonds is 3. The number of benzene rings is 1. The molecule has 0 bridgehead atoms. The first kappa shape index (κ1) is 12.6. The van der Waals surface area contributed by atoms with Gasteiger partial charge in [0.2, 0.25) is 0 Å². The van der Waals surface area contributed by atoms with E-state index >= 15 is 0 Å². The van der Waals surface area contributed by atoms with Crippen LogP contribution in [0.1, 0.15) is 18.5 Å². The van der Waals surface area contributed by atoms with Crippen molar-refractivity contribution < 1.29 is 0 Å². The minimum Gasteiger partial charge on any atom is -0.324 e. The summed E-state index contributed by atoms with van der Waals surface area (Å²) in [5.74, 6) is 0. The molecular formula is C11H13BrN4S. The van der Waals surface area contributed by atoms with Gasteiger partial charge in [-0.1, -0.05) is 6.07 Å². The van der Waals surface area contributed by atoms with E-state index < -0.39 is 0 Å². The van der Waals surface area contributed by atoms with Crippen molar-refractivity contribution in [3.63, 3.8) is 0 Å². The van der Waals surface area contributed by atoms with Gasteiger partial charge in [-0.15, -0.1) is 0 Å². The maximum Gasteiger partial charge on any atom is 0.190 e. The summed E-state index contributed by atoms with van der Waals surface area (Å²) in [7, 11) is 1.87. The van der Waals surface area contributed by atoms with E-state index in [9.17, 15) is 0 Å². The molecule has 0 aliphatic carbocycles. The second-order valence-corrected chi connectivity index (χ2v) is 5.61. The van der Waals surface area contributed by atoms with Gasteiger partial charge in [-0.2, -0.15) is 5.10 Å². The van der Waals surface area contributed by atoms with E-state index in [1.54, 1.807) is 22.8 Å². The average molecular weight is 313 g/mol. The van der Waals surface area contributed by atoms with Crippen molar-refractivity contribution in [2.45, 2.75) is 23.0 Å². The van der Waals surface area contributed by atoms with Gasteiger partial charge in [-0.25, -0.2) is 9.67 Å². The zero-order valence-corrected chi connectivity index (χ0v) is 12.0. The van der Waals surface area contributed by atoms with E-state index in [4.69, 9.17) is 5.73 Å². The van der Waals surface area contributed by atoms with Crippen LogP contribution in [0.15, 0.2) is 39.1 Å². The van der Waals surface area contributed by atoms with Crippen LogP contribution in [0.25, 0.3) is 0 Å². The third kappa shape index (κ3) is 2.88. The van der Waals surface area contributed by atoms with E-state index in [2.05, 4.69) is 26.0 Å². The summed E-state index contributed by atoms with van der Waals surface area (Å²) in [5.41, 5.74) is 6.95. The van der Waals surface area contributed by atoms with Crippen molar-refractivity contribution in [3.05, 3.63) is 34.6 Å². The molecule has 4 nitrogen and oxygen atoms in total. The minimum absolute atomic E-state index is 0.0418. The largest absolute Gasteiger partial charge is 0.324 e. The molecule has 0 fully saturated rings. The molecule has 1 heterocycles. The van der Waals surface area contributed by atoms with Crippen LogP contribution in [0.4, 0.5) is 0 Å². The quantitative estimate of drug-likeness (QED) is 0.946. The predicted molar refractivity (Wildman–Crippen MR) is 71.9 cm³/mol. The number of nitrogens with two attached hydrogens (primary N) is 1. The summed E-state index contributed by atoms with van der Waals surface area (Å²) in [4.78, 5) is 5.28. The summed E-state index contributed by atoms with van der Waals surface area (Å²) >= 11 is 5.12. The van der Waals surface area contributed by atoms with Crippen molar-refractivity contribution in [3.8, 4) is 0 Å². The molecule has 2 aromatic rings. The Kier molecular flexibility index (Phi) is 3.86. The number of hydrogen-bond donors (Lipinski definition) is 1. The third-order valence-corrected chi connectivity index (χ3v) is 4.40. The normalized spacial score (nSPS) is 12.7. The van der Waals surface area contributed by atoms with Crippen LogP contribution < -0.4 is 5.73 Å². The Morgan fingerprint density at radius 1 is 1.47 bits per heavy atom. The average Bonchev–Trinajstić information content (AvgIpc) is 2.67. The number of aryl methyl sites for hydroxylation is 1. The monoisotopic (exact) mass is 312 g/mol. The van der Waals surface area contributed by atoms with E-state index in [-0.39, 0.29) is 6.04 Å². The number of hydrogen-bond acceptors (Lipinski definition) is 4. The second kappa shape index (κ2) is 5.20. The summed E-state index contributed by atoms with van der Waals surface area (Å²) < 4.78 is 2.77. The first-order chi connectivity index (χ1) is 8.08. The minimum atomic E-state index is 0.0418. The molecule has 90 valence electrons. The van der Waals surface area contributed by atoms with Gasteiger partial charge in [0, 0.05) is 22.5 Å². The Balaban J connectivity index is 2.26. The molecule has 2 rings (SSSR count). The fraction of sp³-hybridized carbons (Fsp3) is 0.273. The van der Waals surface area contributed by atoms with Gasteiger partial charge in [0.1, 0.15) is 6.33 Å². The molecular weight excluding hydrogens is 300 g/mol. The Morgan fingerprint density at radius 2 is 2.24 bits per heavy atom. The maximum atomic E-state index is 5.84. The van der Waals surface area contributed by atoms with E-state index in [0.29, 0.717) is 0 Å². The molecule has 0 saturated carbocycles. The fourth-order valence-corrected chi connectivity index (χ4v) is 2.77. The van der Waals surface area contributed by atoms with E-state index in [0.717, 1.165) is 20.1 Å². The van der Waals surface area contributed by atoms with Gasteiger partial charge < -0.3 is 5.73 Å². The standard InChI is InChI=1S/C11H13BrN4S/c1-7(13)8-3-4-10(9(12)5-8)17-11-14-6-15-16(11)2/h3-7H,13H2,1-2H3/t7-/m1/s1. The number of nitrogens with zero attached hydrogens (tertiary/aromatic N) is 3. The molecule has 2 N–H and O–H groups in total. The van der Waals surface area contributed by atoms with Crippen LogP contribution >= 0.6 is 27.7 Å². The van der Waals surface area contributed by atoms with Crippen molar-refractivity contribution in [1.82, 2.24) is 14.8 Å². The second-order valence-electron chi connectivity index (χ2n) is 3.75. The van der Waals surface area contributed by atoms with Crippen molar-refractivity contribution >= 4 is 27.7 Å². The molecule has 6 heteroatoms. The molecule has 0 spiro atoms. The van der Waals surface area contributed by atoms with Crippen LogP contribution in [-0.2, 0) is 7.05 Å². The highest BCUT2D eigenvalue weighted by Crippen LogP contribution is 2.33. The lowest BCUT2D eigenvalue weighted by molar-refractivity contribution is 0.685. The van der Waals surface area contributed by atoms with Crippen LogP contribution in [0.2, 0.25) is 0 Å². The molecule has 0 amide bonds. The van der Waals surface area contributed by atoms with E-state index in [1.165, 1.54) is 0 Å². The highest BCUT2D eigenvalue weighted by molar-refractivity contribution is 9.10. The zero-order chi connectivity index (χ0) is 12.4. The summed E-state index contributed by atoms with van der Waals surface area (Å²) in [6, 6.07) is 6.17. The smallest absolute Gasteiger partial charge is 0.190 e. The Bertz CT molecular complexity index is 524. The molecule has 0 aliphatic rings. The molecule has 17 heavy (non-hydrogen) atoms. The van der Waals surface area contributed by atoms with Gasteiger partial charge in [-0.05, 0) is 52.3 Å². The van der Waals surface area contributed by atoms with Crippen molar-refractivity contribution in [2.24, 2.45) is 12.8 Å². The van der Waals surface area contributed by atoms with Gasteiger partial charge in [0.25, 0.3) is 0 Å². The molecule has 1 atom stereocenters.